The zero-order chi connectivity index (χ0) is 30.9. The van der Waals surface area contributed by atoms with Gasteiger partial charge in [-0.3, -0.25) is 4.79 Å². The first-order valence-electron chi connectivity index (χ1n) is 16.4. The summed E-state index contributed by atoms with van der Waals surface area (Å²) in [6.45, 7) is 11.2. The molecule has 1 aromatic heterocycles. The first-order valence-corrected chi connectivity index (χ1v) is 16.4. The van der Waals surface area contributed by atoms with Gasteiger partial charge in [-0.2, -0.15) is 0 Å². The molecule has 2 saturated carbocycles. The molecule has 2 aromatic rings. The van der Waals surface area contributed by atoms with Crippen LogP contribution in [0.5, 0.6) is 5.88 Å². The average Bonchev–Trinajstić information content (AvgIpc) is 3.31. The van der Waals surface area contributed by atoms with Crippen LogP contribution in [-0.2, 0) is 16.1 Å². The molecule has 5 rings (SSSR count). The van der Waals surface area contributed by atoms with E-state index >= 15 is 0 Å². The van der Waals surface area contributed by atoms with Gasteiger partial charge in [-0.1, -0.05) is 84.6 Å². The van der Waals surface area contributed by atoms with Crippen LogP contribution in [0.15, 0.2) is 36.5 Å². The van der Waals surface area contributed by atoms with Crippen molar-refractivity contribution in [3.8, 4) is 5.88 Å². The molecule has 0 unspecified atom stereocenters. The molecule has 1 aliphatic heterocycles. The minimum Gasteiger partial charge on any atom is -0.481 e. The summed E-state index contributed by atoms with van der Waals surface area (Å²) >= 11 is 0. The second-order valence-corrected chi connectivity index (χ2v) is 14.5. The average molecular weight is 590 g/mol. The van der Waals surface area contributed by atoms with Gasteiger partial charge in [-0.05, 0) is 65.7 Å². The van der Waals surface area contributed by atoms with Gasteiger partial charge in [-0.25, -0.2) is 9.78 Å². The highest BCUT2D eigenvalue weighted by atomic mass is 16.5. The SMILES string of the molecule is COc1ncc(C2CCC2)cc1CN[C@H]1[C@H](C(C)(C)C)[C@@H](C(=O)O)N(C(=O)C2CCCCC2)[C@H]1c1ccccc1C(C)C. The molecule has 2 N–H and O–H groups in total. The Balaban J connectivity index is 1.62. The Labute approximate surface area is 257 Å². The van der Waals surface area contributed by atoms with Crippen LogP contribution in [-0.4, -0.2) is 46.1 Å². The molecule has 3 fully saturated rings. The van der Waals surface area contributed by atoms with Crippen molar-refractivity contribution in [1.82, 2.24) is 15.2 Å². The number of ether oxygens (including phenoxy) is 1. The van der Waals surface area contributed by atoms with E-state index in [1.807, 2.05) is 18.3 Å². The topological polar surface area (TPSA) is 91.8 Å². The van der Waals surface area contributed by atoms with Crippen LogP contribution in [0.1, 0.15) is 126 Å². The van der Waals surface area contributed by atoms with Crippen molar-refractivity contribution in [3.63, 3.8) is 0 Å². The molecule has 7 heteroatoms. The zero-order valence-electron chi connectivity index (χ0n) is 26.9. The highest BCUT2D eigenvalue weighted by molar-refractivity contribution is 5.87. The Bertz CT molecular complexity index is 1290. The summed E-state index contributed by atoms with van der Waals surface area (Å²) in [5.74, 6) is -0.0267. The fourth-order valence-electron chi connectivity index (χ4n) is 7.94. The third-order valence-electron chi connectivity index (χ3n) is 10.3. The number of aliphatic carboxylic acids is 1. The van der Waals surface area contributed by atoms with Crippen molar-refractivity contribution in [3.05, 3.63) is 58.8 Å². The summed E-state index contributed by atoms with van der Waals surface area (Å²) in [4.78, 5) is 34.3. The van der Waals surface area contributed by atoms with Gasteiger partial charge >= 0.3 is 5.97 Å². The lowest BCUT2D eigenvalue weighted by Crippen LogP contribution is -2.49. The van der Waals surface area contributed by atoms with Gasteiger partial charge in [0.1, 0.15) is 6.04 Å². The van der Waals surface area contributed by atoms with Crippen molar-refractivity contribution in [2.24, 2.45) is 17.3 Å². The van der Waals surface area contributed by atoms with Crippen LogP contribution in [0.2, 0.25) is 0 Å². The minimum atomic E-state index is -0.932. The number of benzene rings is 1. The lowest BCUT2D eigenvalue weighted by Gasteiger charge is -2.36. The van der Waals surface area contributed by atoms with E-state index in [1.165, 1.54) is 24.8 Å². The molecule has 2 aliphatic carbocycles. The maximum absolute atomic E-state index is 14.5. The van der Waals surface area contributed by atoms with Crippen LogP contribution in [0.4, 0.5) is 0 Å². The van der Waals surface area contributed by atoms with E-state index < -0.39 is 18.1 Å². The Morgan fingerprint density at radius 3 is 2.35 bits per heavy atom. The summed E-state index contributed by atoms with van der Waals surface area (Å²) in [5.41, 5.74) is 4.03. The predicted molar refractivity (Wildman–Crippen MR) is 169 cm³/mol. The molecule has 234 valence electrons. The molecule has 3 aliphatic rings. The van der Waals surface area contributed by atoms with Crippen LogP contribution < -0.4 is 10.1 Å². The van der Waals surface area contributed by atoms with Crippen LogP contribution >= 0.6 is 0 Å². The Morgan fingerprint density at radius 2 is 1.77 bits per heavy atom. The van der Waals surface area contributed by atoms with Gasteiger partial charge in [0.15, 0.2) is 0 Å². The number of nitrogens with one attached hydrogen (secondary N) is 1. The van der Waals surface area contributed by atoms with Gasteiger partial charge in [-0.15, -0.1) is 0 Å². The van der Waals surface area contributed by atoms with Crippen LogP contribution in [0.25, 0.3) is 0 Å². The summed E-state index contributed by atoms with van der Waals surface area (Å²) in [5, 5.41) is 14.7. The van der Waals surface area contributed by atoms with E-state index in [0.717, 1.165) is 48.8 Å². The van der Waals surface area contributed by atoms with Crippen LogP contribution in [0, 0.1) is 17.3 Å². The highest BCUT2D eigenvalue weighted by Crippen LogP contribution is 2.50. The van der Waals surface area contributed by atoms with E-state index in [-0.39, 0.29) is 35.1 Å². The molecule has 2 heterocycles. The number of aromatic nitrogens is 1. The monoisotopic (exact) mass is 589 g/mol. The highest BCUT2D eigenvalue weighted by Gasteiger charge is 2.58. The third-order valence-corrected chi connectivity index (χ3v) is 10.3. The summed E-state index contributed by atoms with van der Waals surface area (Å²) in [6.07, 6.45) is 10.4. The van der Waals surface area contributed by atoms with Gasteiger partial charge < -0.3 is 20.1 Å². The quantitative estimate of drug-likeness (QED) is 0.321. The maximum atomic E-state index is 14.5. The first-order chi connectivity index (χ1) is 20.5. The second-order valence-electron chi connectivity index (χ2n) is 14.5. The number of carbonyl (C=O) groups is 2. The molecule has 0 radical (unpaired) electrons. The smallest absolute Gasteiger partial charge is 0.326 e. The molecular weight excluding hydrogens is 538 g/mol. The van der Waals surface area contributed by atoms with E-state index in [4.69, 9.17) is 4.74 Å². The third kappa shape index (κ3) is 6.33. The molecule has 43 heavy (non-hydrogen) atoms. The van der Waals surface area contributed by atoms with Crippen molar-refractivity contribution in [1.29, 1.82) is 0 Å². The largest absolute Gasteiger partial charge is 0.481 e. The van der Waals surface area contributed by atoms with E-state index in [0.29, 0.717) is 18.3 Å². The van der Waals surface area contributed by atoms with Gasteiger partial charge in [0.2, 0.25) is 11.8 Å². The number of pyridine rings is 1. The normalized spacial score (nSPS) is 25.1. The number of carbonyl (C=O) groups excluding carboxylic acids is 1. The fourth-order valence-corrected chi connectivity index (χ4v) is 7.94. The number of likely N-dealkylation sites (tertiary alicyclic amines) is 1. The molecule has 0 bridgehead atoms. The molecule has 1 amide bonds. The van der Waals surface area contributed by atoms with E-state index in [2.05, 4.69) is 63.1 Å². The molecule has 7 nitrogen and oxygen atoms in total. The lowest BCUT2D eigenvalue weighted by molar-refractivity contribution is -0.154. The first kappa shape index (κ1) is 31.5. The molecule has 1 saturated heterocycles. The van der Waals surface area contributed by atoms with Crippen molar-refractivity contribution in [2.45, 2.75) is 122 Å². The summed E-state index contributed by atoms with van der Waals surface area (Å²) in [6, 6.07) is 8.89. The number of hydrogen-bond donors (Lipinski definition) is 2. The number of methoxy groups -OCH3 is 1. The molecular formula is C36H51N3O4. The maximum Gasteiger partial charge on any atom is 0.326 e. The van der Waals surface area contributed by atoms with Crippen LogP contribution in [0.3, 0.4) is 0 Å². The van der Waals surface area contributed by atoms with Gasteiger partial charge in [0, 0.05) is 36.2 Å². The Kier molecular flexibility index (Phi) is 9.50. The van der Waals surface area contributed by atoms with Gasteiger partial charge in [0.05, 0.1) is 13.2 Å². The Hall–Kier alpha value is -2.93. The zero-order valence-corrected chi connectivity index (χ0v) is 26.9. The predicted octanol–water partition coefficient (Wildman–Crippen LogP) is 7.22. The summed E-state index contributed by atoms with van der Waals surface area (Å²) in [7, 11) is 1.65. The number of amides is 1. The number of hydrogen-bond acceptors (Lipinski definition) is 5. The van der Waals surface area contributed by atoms with Gasteiger partial charge in [0.25, 0.3) is 0 Å². The van der Waals surface area contributed by atoms with Crippen molar-refractivity contribution < 1.29 is 19.4 Å². The second kappa shape index (κ2) is 13.0. The van der Waals surface area contributed by atoms with E-state index in [9.17, 15) is 14.7 Å². The number of nitrogens with zero attached hydrogens (tertiary/aromatic N) is 2. The Morgan fingerprint density at radius 1 is 1.07 bits per heavy atom. The standard InChI is InChI=1S/C36H51N3O4/c1-22(2)27-17-10-11-18-28(27)31-30(37-21-26-19-25(23-15-12-16-23)20-38-33(26)43-6)29(36(3,4)5)32(35(41)42)39(31)34(40)24-13-8-7-9-14-24/h10-11,17-20,22-24,29-32,37H,7-9,12-16,21H2,1-6H3,(H,41,42)/t29-,30-,31-,32-/m0/s1. The van der Waals surface area contributed by atoms with E-state index in [1.54, 1.807) is 12.0 Å². The molecule has 1 aromatic carbocycles. The number of carboxylic acid groups (broad SMARTS) is 1. The lowest BCUT2D eigenvalue weighted by atomic mass is 9.72. The molecule has 4 atom stereocenters. The summed E-state index contributed by atoms with van der Waals surface area (Å²) < 4.78 is 5.69. The minimum absolute atomic E-state index is 0.000405. The number of rotatable bonds is 9. The fraction of sp³-hybridized carbons (Fsp3) is 0.639. The number of carboxylic acids is 1. The van der Waals surface area contributed by atoms with Crippen molar-refractivity contribution in [2.75, 3.05) is 7.11 Å². The van der Waals surface area contributed by atoms with Crippen molar-refractivity contribution >= 4 is 11.9 Å². The molecule has 0 spiro atoms.